The van der Waals surface area contributed by atoms with E-state index in [-0.39, 0.29) is 31.3 Å². The molecule has 5 N–H and O–H groups in total. The molecule has 5 amide bonds. The summed E-state index contributed by atoms with van der Waals surface area (Å²) in [7, 11) is 0. The molecule has 0 aromatic carbocycles. The second-order valence-electron chi connectivity index (χ2n) is 13.6. The third-order valence-electron chi connectivity index (χ3n) is 7.57. The third-order valence-corrected chi connectivity index (χ3v) is 7.57. The number of urea groups is 1. The van der Waals surface area contributed by atoms with Gasteiger partial charge in [0, 0.05) is 24.3 Å². The number of carbonyl (C=O) groups excluding carboxylic acids is 5. The molecule has 1 unspecified atom stereocenters. The van der Waals surface area contributed by atoms with Gasteiger partial charge >= 0.3 is 6.03 Å². The molecule has 1 saturated carbocycles. The highest BCUT2D eigenvalue weighted by molar-refractivity contribution is 6.37. The number of piperidine rings is 1. The van der Waals surface area contributed by atoms with Crippen molar-refractivity contribution in [3.05, 3.63) is 24.4 Å². The van der Waals surface area contributed by atoms with Crippen molar-refractivity contribution in [3.8, 4) is 5.88 Å². The number of primary amides is 1. The van der Waals surface area contributed by atoms with Crippen molar-refractivity contribution >= 4 is 29.5 Å². The molecule has 2 aliphatic rings. The number of carbonyl (C=O) groups is 5. The van der Waals surface area contributed by atoms with Gasteiger partial charge in [-0.3, -0.25) is 19.2 Å². The van der Waals surface area contributed by atoms with Gasteiger partial charge < -0.3 is 31.3 Å². The van der Waals surface area contributed by atoms with Crippen molar-refractivity contribution < 1.29 is 28.7 Å². The van der Waals surface area contributed by atoms with Gasteiger partial charge in [-0.15, -0.1) is 0 Å². The second-order valence-corrected chi connectivity index (χ2v) is 13.6. The van der Waals surface area contributed by atoms with Gasteiger partial charge in [0.15, 0.2) is 0 Å². The van der Waals surface area contributed by atoms with Crippen molar-refractivity contribution in [2.75, 3.05) is 13.1 Å². The minimum Gasteiger partial charge on any atom is -0.472 e. The molecule has 1 aromatic rings. The number of hydrogen-bond donors (Lipinski definition) is 4. The first-order valence-electron chi connectivity index (χ1n) is 14.6. The number of pyridine rings is 1. The maximum absolute atomic E-state index is 14.0. The highest BCUT2D eigenvalue weighted by atomic mass is 16.5. The van der Waals surface area contributed by atoms with Crippen LogP contribution in [0.1, 0.15) is 73.6 Å². The SMILES string of the molecule is CC(C)(C)NC(=O)N[C@H](C(=O)N1C[C@@H](Oc2ccccn2)C[C@H](C(=O)NC(CC2CCC2)C(=O)C(N)=O)C1)C(C)(C)C. The molecular weight excluding hydrogens is 540 g/mol. The van der Waals surface area contributed by atoms with Gasteiger partial charge in [-0.25, -0.2) is 9.78 Å². The lowest BCUT2D eigenvalue weighted by atomic mass is 9.80. The largest absolute Gasteiger partial charge is 0.472 e. The zero-order valence-corrected chi connectivity index (χ0v) is 25.6. The highest BCUT2D eigenvalue weighted by Gasteiger charge is 2.42. The molecule has 0 radical (unpaired) electrons. The van der Waals surface area contributed by atoms with Gasteiger partial charge in [-0.05, 0) is 51.0 Å². The van der Waals surface area contributed by atoms with E-state index in [1.54, 1.807) is 24.4 Å². The van der Waals surface area contributed by atoms with Gasteiger partial charge in [0.25, 0.3) is 5.91 Å². The first kappa shape index (κ1) is 32.8. The van der Waals surface area contributed by atoms with Gasteiger partial charge in [-0.2, -0.15) is 0 Å². The van der Waals surface area contributed by atoms with E-state index in [2.05, 4.69) is 20.9 Å². The molecule has 1 aromatic heterocycles. The summed E-state index contributed by atoms with van der Waals surface area (Å²) >= 11 is 0. The molecule has 1 saturated heterocycles. The van der Waals surface area contributed by atoms with Crippen molar-refractivity contribution in [3.63, 3.8) is 0 Å². The summed E-state index contributed by atoms with van der Waals surface area (Å²) in [5, 5.41) is 8.40. The van der Waals surface area contributed by atoms with Gasteiger partial charge in [0.1, 0.15) is 12.1 Å². The fraction of sp³-hybridized carbons (Fsp3) is 0.667. The zero-order valence-electron chi connectivity index (χ0n) is 25.6. The van der Waals surface area contributed by atoms with Crippen LogP contribution in [-0.2, 0) is 19.2 Å². The predicted molar refractivity (Wildman–Crippen MR) is 156 cm³/mol. The number of hydrogen-bond acceptors (Lipinski definition) is 7. The van der Waals surface area contributed by atoms with Crippen LogP contribution in [-0.4, -0.2) is 76.2 Å². The standard InChI is InChI=1S/C30H46N6O6/c1-29(2,3)24(34-28(41)35-30(4,5)6)27(40)36-16-19(15-20(17-36)42-22-12-7-8-13-32-22)26(39)33-21(23(37)25(31)38)14-18-10-9-11-18/h7-8,12-13,18-21,24H,9-11,14-17H2,1-6H3,(H2,31,38)(H,33,39)(H2,34,35,41)/t19-,20-,21?,24+/m0/s1. The Kier molecular flexibility index (Phi) is 10.6. The summed E-state index contributed by atoms with van der Waals surface area (Å²) in [5.41, 5.74) is 4.13. The fourth-order valence-corrected chi connectivity index (χ4v) is 5.19. The smallest absolute Gasteiger partial charge is 0.315 e. The first-order chi connectivity index (χ1) is 19.5. The van der Waals surface area contributed by atoms with Crippen molar-refractivity contribution in [2.45, 2.75) is 97.4 Å². The lowest BCUT2D eigenvalue weighted by molar-refractivity contribution is -0.143. The molecule has 4 atom stereocenters. The maximum atomic E-state index is 14.0. The number of likely N-dealkylation sites (tertiary alicyclic amines) is 1. The topological polar surface area (TPSA) is 173 Å². The molecule has 0 bridgehead atoms. The number of nitrogens with one attached hydrogen (secondary N) is 3. The monoisotopic (exact) mass is 586 g/mol. The maximum Gasteiger partial charge on any atom is 0.315 e. The lowest BCUT2D eigenvalue weighted by Crippen LogP contribution is -2.62. The summed E-state index contributed by atoms with van der Waals surface area (Å²) in [6, 6.07) is 2.80. The number of amides is 5. The normalized spacial score (nSPS) is 20.9. The van der Waals surface area contributed by atoms with Crippen LogP contribution in [0.4, 0.5) is 4.79 Å². The number of ether oxygens (including phenoxy) is 1. The highest BCUT2D eigenvalue weighted by Crippen LogP contribution is 2.31. The Morgan fingerprint density at radius 3 is 2.26 bits per heavy atom. The van der Waals surface area contributed by atoms with Crippen LogP contribution in [0.2, 0.25) is 0 Å². The predicted octanol–water partition coefficient (Wildman–Crippen LogP) is 1.92. The minimum atomic E-state index is -1.09. The molecule has 12 heteroatoms. The minimum absolute atomic E-state index is 0.0444. The quantitative estimate of drug-likeness (QED) is 0.303. The van der Waals surface area contributed by atoms with E-state index in [1.807, 2.05) is 41.5 Å². The second kappa shape index (κ2) is 13.5. The molecule has 2 fully saturated rings. The molecule has 2 heterocycles. The number of nitrogens with two attached hydrogens (primary N) is 1. The van der Waals surface area contributed by atoms with Crippen molar-refractivity contribution in [2.24, 2.45) is 23.0 Å². The molecule has 0 spiro atoms. The molecular formula is C30H46N6O6. The first-order valence-corrected chi connectivity index (χ1v) is 14.6. The average molecular weight is 587 g/mol. The lowest BCUT2D eigenvalue weighted by Gasteiger charge is -2.41. The fourth-order valence-electron chi connectivity index (χ4n) is 5.19. The summed E-state index contributed by atoms with van der Waals surface area (Å²) in [6.45, 7) is 11.3. The van der Waals surface area contributed by atoms with Crippen LogP contribution in [0.5, 0.6) is 5.88 Å². The van der Waals surface area contributed by atoms with Gasteiger partial charge in [0.05, 0.1) is 18.5 Å². The molecule has 1 aliphatic heterocycles. The van der Waals surface area contributed by atoms with E-state index in [4.69, 9.17) is 10.5 Å². The zero-order chi connectivity index (χ0) is 31.2. The van der Waals surface area contributed by atoms with Crippen LogP contribution in [0.15, 0.2) is 24.4 Å². The third kappa shape index (κ3) is 9.42. The molecule has 42 heavy (non-hydrogen) atoms. The number of rotatable bonds is 10. The molecule has 12 nitrogen and oxygen atoms in total. The number of aromatic nitrogens is 1. The van der Waals surface area contributed by atoms with Crippen LogP contribution in [0.3, 0.4) is 0 Å². The summed E-state index contributed by atoms with van der Waals surface area (Å²) < 4.78 is 6.08. The van der Waals surface area contributed by atoms with Gasteiger partial charge in [-0.1, -0.05) is 46.1 Å². The van der Waals surface area contributed by atoms with E-state index >= 15 is 0 Å². The van der Waals surface area contributed by atoms with Gasteiger partial charge in [0.2, 0.25) is 23.5 Å². The molecule has 1 aliphatic carbocycles. The van der Waals surface area contributed by atoms with Crippen LogP contribution >= 0.6 is 0 Å². The Morgan fingerprint density at radius 1 is 1.05 bits per heavy atom. The average Bonchev–Trinajstić information content (AvgIpc) is 2.86. The molecule has 232 valence electrons. The Balaban J connectivity index is 1.84. The summed E-state index contributed by atoms with van der Waals surface area (Å²) in [4.78, 5) is 70.4. The van der Waals surface area contributed by atoms with Crippen molar-refractivity contribution in [1.29, 1.82) is 0 Å². The van der Waals surface area contributed by atoms with Crippen LogP contribution in [0.25, 0.3) is 0 Å². The van der Waals surface area contributed by atoms with E-state index in [1.165, 1.54) is 4.90 Å². The van der Waals surface area contributed by atoms with Crippen molar-refractivity contribution in [1.82, 2.24) is 25.8 Å². The van der Waals surface area contributed by atoms with E-state index < -0.39 is 58.7 Å². The van der Waals surface area contributed by atoms with E-state index in [0.717, 1.165) is 19.3 Å². The Morgan fingerprint density at radius 2 is 1.74 bits per heavy atom. The number of ketones is 1. The van der Waals surface area contributed by atoms with Crippen LogP contribution in [0, 0.1) is 17.3 Å². The number of nitrogens with zero attached hydrogens (tertiary/aromatic N) is 2. The Labute approximate surface area is 247 Å². The summed E-state index contributed by atoms with van der Waals surface area (Å²) in [5.74, 6) is -2.92. The Hall–Kier alpha value is -3.70. The summed E-state index contributed by atoms with van der Waals surface area (Å²) in [6.07, 6.45) is 4.48. The van der Waals surface area contributed by atoms with E-state index in [0.29, 0.717) is 12.3 Å². The van der Waals surface area contributed by atoms with Crippen LogP contribution < -0.4 is 26.4 Å². The Bertz CT molecular complexity index is 1140. The molecule has 3 rings (SSSR count). The van der Waals surface area contributed by atoms with E-state index in [9.17, 15) is 24.0 Å². The number of Topliss-reactive ketones (excluding diaryl/α,β-unsaturated/α-hetero) is 1.